The highest BCUT2D eigenvalue weighted by Crippen LogP contribution is 2.36. The summed E-state index contributed by atoms with van der Waals surface area (Å²) in [5.41, 5.74) is 3.58. The third kappa shape index (κ3) is 6.09. The van der Waals surface area contributed by atoms with E-state index in [0.717, 1.165) is 11.1 Å². The van der Waals surface area contributed by atoms with E-state index in [-0.39, 0.29) is 17.7 Å². The summed E-state index contributed by atoms with van der Waals surface area (Å²) in [7, 11) is 3.17. The van der Waals surface area contributed by atoms with E-state index in [0.29, 0.717) is 50.0 Å². The van der Waals surface area contributed by atoms with Gasteiger partial charge in [-0.2, -0.15) is 0 Å². The first-order valence-electron chi connectivity index (χ1n) is 14.8. The second-order valence-electron chi connectivity index (χ2n) is 10.4. The van der Waals surface area contributed by atoms with Crippen LogP contribution in [0.3, 0.4) is 0 Å². The lowest BCUT2D eigenvalue weighted by Crippen LogP contribution is -2.40. The minimum absolute atomic E-state index is 0.172. The lowest BCUT2D eigenvalue weighted by Gasteiger charge is -2.26. The Morgan fingerprint density at radius 1 is 0.891 bits per heavy atom. The third-order valence-electron chi connectivity index (χ3n) is 7.55. The first kappa shape index (κ1) is 30.6. The van der Waals surface area contributed by atoms with E-state index in [1.807, 2.05) is 103 Å². The Balaban J connectivity index is 1.56. The zero-order valence-corrected chi connectivity index (χ0v) is 26.5. The molecule has 0 fully saturated rings. The van der Waals surface area contributed by atoms with E-state index < -0.39 is 12.0 Å². The monoisotopic (exact) mass is 632 g/mol. The number of hydrogen-bond donors (Lipinski definition) is 0. The summed E-state index contributed by atoms with van der Waals surface area (Å²) in [6.07, 6.45) is 1.79. The van der Waals surface area contributed by atoms with Gasteiger partial charge in [0.15, 0.2) is 16.3 Å². The van der Waals surface area contributed by atoms with Crippen molar-refractivity contribution in [3.8, 4) is 17.2 Å². The molecule has 1 aromatic heterocycles. The molecule has 6 rings (SSSR count). The Kier molecular flexibility index (Phi) is 9.12. The number of nitrogens with zero attached hydrogens (tertiary/aromatic N) is 2. The van der Waals surface area contributed by atoms with E-state index in [4.69, 9.17) is 23.9 Å². The van der Waals surface area contributed by atoms with Gasteiger partial charge in [0.25, 0.3) is 5.56 Å². The van der Waals surface area contributed by atoms with Gasteiger partial charge in [-0.05, 0) is 42.3 Å². The molecule has 5 aromatic rings. The van der Waals surface area contributed by atoms with Crippen LogP contribution in [0, 0.1) is 0 Å². The van der Waals surface area contributed by atoms with Gasteiger partial charge in [0.2, 0.25) is 0 Å². The topological polar surface area (TPSA) is 88.4 Å². The fourth-order valence-electron chi connectivity index (χ4n) is 5.37. The Morgan fingerprint density at radius 3 is 2.28 bits per heavy atom. The number of thiazole rings is 1. The standard InChI is InChI=1S/C37H32N2O6S/c1-4-44-36(41)31-32(25-14-9-6-10-15-25)38-37-39(33(31)26-18-20-28(42-2)21-19-26)35(40)30(46-37)22-27-16-11-17-29(43-3)34(27)45-23-24-12-7-5-8-13-24/h5-22,33H,4,23H2,1-3H3/b30-22-/t33-/m1/s1. The van der Waals surface area contributed by atoms with Crippen molar-refractivity contribution in [1.29, 1.82) is 0 Å². The zero-order chi connectivity index (χ0) is 32.0. The minimum Gasteiger partial charge on any atom is -0.497 e. The second kappa shape index (κ2) is 13.7. The predicted molar refractivity (Wildman–Crippen MR) is 178 cm³/mol. The molecule has 0 N–H and O–H groups in total. The number of carbonyl (C=O) groups is 1. The van der Waals surface area contributed by atoms with Gasteiger partial charge in [-0.3, -0.25) is 9.36 Å². The number of rotatable bonds is 10. The summed E-state index contributed by atoms with van der Waals surface area (Å²) >= 11 is 1.25. The van der Waals surface area contributed by atoms with Crippen LogP contribution in [-0.4, -0.2) is 31.4 Å². The number of esters is 1. The van der Waals surface area contributed by atoms with Crippen LogP contribution in [0.2, 0.25) is 0 Å². The van der Waals surface area contributed by atoms with Crippen LogP contribution >= 0.6 is 11.3 Å². The van der Waals surface area contributed by atoms with E-state index >= 15 is 0 Å². The molecule has 0 saturated heterocycles. The second-order valence-corrected chi connectivity index (χ2v) is 11.4. The van der Waals surface area contributed by atoms with Gasteiger partial charge < -0.3 is 18.9 Å². The van der Waals surface area contributed by atoms with Crippen molar-refractivity contribution in [3.05, 3.63) is 151 Å². The summed E-state index contributed by atoms with van der Waals surface area (Å²) in [6.45, 7) is 2.25. The van der Waals surface area contributed by atoms with E-state index in [2.05, 4.69) is 0 Å². The maximum atomic E-state index is 14.3. The fourth-order valence-corrected chi connectivity index (χ4v) is 6.37. The average molecular weight is 633 g/mol. The molecule has 9 heteroatoms. The molecule has 232 valence electrons. The van der Waals surface area contributed by atoms with E-state index in [9.17, 15) is 9.59 Å². The summed E-state index contributed by atoms with van der Waals surface area (Å²) in [5.74, 6) is 1.18. The summed E-state index contributed by atoms with van der Waals surface area (Å²) in [5, 5.41) is 0. The van der Waals surface area contributed by atoms with Crippen LogP contribution in [0.4, 0.5) is 0 Å². The molecule has 8 nitrogen and oxygen atoms in total. The van der Waals surface area contributed by atoms with Crippen molar-refractivity contribution in [1.82, 2.24) is 4.57 Å². The summed E-state index contributed by atoms with van der Waals surface area (Å²) < 4.78 is 24.8. The van der Waals surface area contributed by atoms with E-state index in [1.54, 1.807) is 31.8 Å². The lowest BCUT2D eigenvalue weighted by atomic mass is 9.93. The molecule has 4 aromatic carbocycles. The largest absolute Gasteiger partial charge is 0.497 e. The molecule has 0 aliphatic carbocycles. The molecule has 0 spiro atoms. The smallest absolute Gasteiger partial charge is 0.338 e. The normalized spacial score (nSPS) is 14.3. The molecule has 0 saturated carbocycles. The van der Waals surface area contributed by atoms with Crippen LogP contribution < -0.4 is 29.1 Å². The molecule has 46 heavy (non-hydrogen) atoms. The van der Waals surface area contributed by atoms with Gasteiger partial charge >= 0.3 is 5.97 Å². The lowest BCUT2D eigenvalue weighted by molar-refractivity contribution is -0.138. The maximum Gasteiger partial charge on any atom is 0.338 e. The van der Waals surface area contributed by atoms with Crippen molar-refractivity contribution in [2.45, 2.75) is 19.6 Å². The Labute approximate surface area is 270 Å². The number of fused-ring (bicyclic) bond motifs is 1. The van der Waals surface area contributed by atoms with Gasteiger partial charge in [0.1, 0.15) is 12.4 Å². The maximum absolute atomic E-state index is 14.3. The molecule has 1 aliphatic heterocycles. The molecular weight excluding hydrogens is 600 g/mol. The van der Waals surface area contributed by atoms with Crippen LogP contribution in [-0.2, 0) is 16.1 Å². The van der Waals surface area contributed by atoms with Crippen molar-refractivity contribution < 1.29 is 23.7 Å². The Hall–Kier alpha value is -5.41. The highest BCUT2D eigenvalue weighted by atomic mass is 32.1. The van der Waals surface area contributed by atoms with Gasteiger partial charge in [-0.25, -0.2) is 9.79 Å². The average Bonchev–Trinajstić information content (AvgIpc) is 3.41. The van der Waals surface area contributed by atoms with Crippen LogP contribution in [0.25, 0.3) is 11.8 Å². The quantitative estimate of drug-likeness (QED) is 0.188. The molecule has 1 aliphatic rings. The van der Waals surface area contributed by atoms with Gasteiger partial charge in [-0.1, -0.05) is 96.3 Å². The molecular formula is C37H32N2O6S. The molecule has 0 radical (unpaired) electrons. The number of carbonyl (C=O) groups excluding carboxylic acids is 1. The van der Waals surface area contributed by atoms with Crippen molar-refractivity contribution in [3.63, 3.8) is 0 Å². The predicted octanol–water partition coefficient (Wildman–Crippen LogP) is 5.53. The molecule has 0 bridgehead atoms. The first-order chi connectivity index (χ1) is 22.5. The molecule has 2 heterocycles. The number of aromatic nitrogens is 1. The van der Waals surface area contributed by atoms with Gasteiger partial charge in [0, 0.05) is 11.1 Å². The molecule has 0 unspecified atom stereocenters. The first-order valence-corrected chi connectivity index (χ1v) is 15.6. The van der Waals surface area contributed by atoms with Crippen LogP contribution in [0.15, 0.2) is 118 Å². The number of benzene rings is 4. The Bertz CT molecular complexity index is 2070. The number of hydrogen-bond acceptors (Lipinski definition) is 8. The van der Waals surface area contributed by atoms with Crippen LogP contribution in [0.5, 0.6) is 17.2 Å². The van der Waals surface area contributed by atoms with Gasteiger partial charge in [-0.15, -0.1) is 0 Å². The zero-order valence-electron chi connectivity index (χ0n) is 25.6. The molecule has 0 amide bonds. The highest BCUT2D eigenvalue weighted by Gasteiger charge is 2.35. The number of methoxy groups -OCH3 is 2. The molecule has 1 atom stereocenters. The van der Waals surface area contributed by atoms with Crippen LogP contribution in [0.1, 0.15) is 35.2 Å². The highest BCUT2D eigenvalue weighted by molar-refractivity contribution is 7.07. The third-order valence-corrected chi connectivity index (χ3v) is 8.53. The minimum atomic E-state index is -0.794. The summed E-state index contributed by atoms with van der Waals surface area (Å²) in [6, 6.07) is 31.4. The SMILES string of the molecule is CCOC(=O)C1=C(c2ccccc2)N=c2s/c(=C\c3cccc(OC)c3OCc3ccccc3)c(=O)n2[C@@H]1c1ccc(OC)cc1. The fraction of sp³-hybridized carbons (Fsp3) is 0.162. The summed E-state index contributed by atoms with van der Waals surface area (Å²) in [4.78, 5) is 33.4. The number of ether oxygens (including phenoxy) is 4. The Morgan fingerprint density at radius 2 is 1.61 bits per heavy atom. The van der Waals surface area contributed by atoms with E-state index in [1.165, 1.54) is 11.3 Å². The van der Waals surface area contributed by atoms with Crippen molar-refractivity contribution in [2.24, 2.45) is 4.99 Å². The van der Waals surface area contributed by atoms with Crippen molar-refractivity contribution >= 4 is 29.1 Å². The number of para-hydroxylation sites is 1. The van der Waals surface area contributed by atoms with Gasteiger partial charge in [0.05, 0.1) is 42.7 Å². The van der Waals surface area contributed by atoms with Crippen molar-refractivity contribution in [2.75, 3.05) is 20.8 Å².